The van der Waals surface area contributed by atoms with Gasteiger partial charge >= 0.3 is 0 Å². The van der Waals surface area contributed by atoms with E-state index in [-0.39, 0.29) is 5.91 Å². The maximum atomic E-state index is 11.9. The highest BCUT2D eigenvalue weighted by molar-refractivity contribution is 5.82. The Hall–Kier alpha value is -1.75. The summed E-state index contributed by atoms with van der Waals surface area (Å²) >= 11 is 0. The molecule has 5 nitrogen and oxygen atoms in total. The molecule has 0 aliphatic rings. The minimum absolute atomic E-state index is 0.0229. The SMILES string of the molecule is CCCNC(=O)CN(CCCN)c1ccccc1OC. The molecule has 1 amide bonds. The second kappa shape index (κ2) is 9.20. The van der Waals surface area contributed by atoms with Crippen LogP contribution in [0.15, 0.2) is 24.3 Å². The fourth-order valence-electron chi connectivity index (χ4n) is 1.95. The summed E-state index contributed by atoms with van der Waals surface area (Å²) in [7, 11) is 1.64. The Morgan fingerprint density at radius 3 is 2.80 bits per heavy atom. The molecule has 1 aromatic rings. The second-order valence-electron chi connectivity index (χ2n) is 4.59. The molecule has 1 aromatic carbocycles. The summed E-state index contributed by atoms with van der Waals surface area (Å²) in [5.41, 5.74) is 6.50. The number of carbonyl (C=O) groups excluding carboxylic acids is 1. The number of amides is 1. The zero-order valence-corrected chi connectivity index (χ0v) is 12.4. The van der Waals surface area contributed by atoms with Crippen LogP contribution in [0.5, 0.6) is 5.75 Å². The number of benzene rings is 1. The number of nitrogens with zero attached hydrogens (tertiary/aromatic N) is 1. The van der Waals surface area contributed by atoms with E-state index in [9.17, 15) is 4.79 Å². The van der Waals surface area contributed by atoms with E-state index in [0.717, 1.165) is 30.8 Å². The molecule has 0 unspecified atom stereocenters. The first-order chi connectivity index (χ1) is 9.72. The first kappa shape index (κ1) is 16.3. The van der Waals surface area contributed by atoms with Crippen molar-refractivity contribution in [3.63, 3.8) is 0 Å². The number of carbonyl (C=O) groups is 1. The van der Waals surface area contributed by atoms with Crippen LogP contribution in [-0.4, -0.2) is 39.2 Å². The number of nitrogens with two attached hydrogens (primary N) is 1. The topological polar surface area (TPSA) is 67.6 Å². The van der Waals surface area contributed by atoms with Crippen molar-refractivity contribution in [1.82, 2.24) is 5.32 Å². The number of rotatable bonds is 9. The maximum absolute atomic E-state index is 11.9. The zero-order chi connectivity index (χ0) is 14.8. The Labute approximate surface area is 121 Å². The van der Waals surface area contributed by atoms with Crippen LogP contribution in [0.25, 0.3) is 0 Å². The number of nitrogens with one attached hydrogen (secondary N) is 1. The molecule has 0 fully saturated rings. The quantitative estimate of drug-likeness (QED) is 0.716. The molecule has 0 saturated carbocycles. The van der Waals surface area contributed by atoms with Crippen LogP contribution < -0.4 is 20.7 Å². The summed E-state index contributed by atoms with van der Waals surface area (Å²) in [6.07, 6.45) is 1.77. The third-order valence-electron chi connectivity index (χ3n) is 2.96. The Kier molecular flexibility index (Phi) is 7.50. The van der Waals surface area contributed by atoms with Crippen molar-refractivity contribution in [3.8, 4) is 5.75 Å². The Bertz CT molecular complexity index is 410. The second-order valence-corrected chi connectivity index (χ2v) is 4.59. The van der Waals surface area contributed by atoms with Crippen molar-refractivity contribution in [3.05, 3.63) is 24.3 Å². The largest absolute Gasteiger partial charge is 0.495 e. The van der Waals surface area contributed by atoms with Gasteiger partial charge in [0, 0.05) is 13.1 Å². The molecule has 1 rings (SSSR count). The first-order valence-corrected chi connectivity index (χ1v) is 7.07. The standard InChI is InChI=1S/C15H25N3O2/c1-3-10-17-15(19)12-18(11-6-9-16)13-7-4-5-8-14(13)20-2/h4-5,7-8H,3,6,9-12,16H2,1-2H3,(H,17,19). The van der Waals surface area contributed by atoms with Crippen molar-refractivity contribution in [2.75, 3.05) is 38.2 Å². The van der Waals surface area contributed by atoms with Crippen molar-refractivity contribution >= 4 is 11.6 Å². The van der Waals surface area contributed by atoms with Crippen LogP contribution in [-0.2, 0) is 4.79 Å². The third kappa shape index (κ3) is 5.09. The van der Waals surface area contributed by atoms with Crippen molar-refractivity contribution < 1.29 is 9.53 Å². The van der Waals surface area contributed by atoms with E-state index >= 15 is 0 Å². The Balaban J connectivity index is 2.79. The highest BCUT2D eigenvalue weighted by atomic mass is 16.5. The van der Waals surface area contributed by atoms with Crippen LogP contribution >= 0.6 is 0 Å². The summed E-state index contributed by atoms with van der Waals surface area (Å²) in [6, 6.07) is 7.72. The van der Waals surface area contributed by atoms with Gasteiger partial charge in [-0.3, -0.25) is 4.79 Å². The minimum atomic E-state index is 0.0229. The van der Waals surface area contributed by atoms with Crippen LogP contribution in [0.3, 0.4) is 0 Å². The minimum Gasteiger partial charge on any atom is -0.495 e. The van der Waals surface area contributed by atoms with Crippen LogP contribution in [0.2, 0.25) is 0 Å². The number of hydrogen-bond acceptors (Lipinski definition) is 4. The van der Waals surface area contributed by atoms with Crippen LogP contribution in [0.4, 0.5) is 5.69 Å². The lowest BCUT2D eigenvalue weighted by Gasteiger charge is -2.25. The van der Waals surface area contributed by atoms with Gasteiger partial charge in [-0.05, 0) is 31.5 Å². The average Bonchev–Trinajstić information content (AvgIpc) is 2.49. The van der Waals surface area contributed by atoms with E-state index in [1.807, 2.05) is 36.1 Å². The third-order valence-corrected chi connectivity index (χ3v) is 2.96. The van der Waals surface area contributed by atoms with E-state index < -0.39 is 0 Å². The van der Waals surface area contributed by atoms with Gasteiger partial charge in [-0.15, -0.1) is 0 Å². The fourth-order valence-corrected chi connectivity index (χ4v) is 1.95. The van der Waals surface area contributed by atoms with Gasteiger partial charge < -0.3 is 20.7 Å². The molecule has 5 heteroatoms. The van der Waals surface area contributed by atoms with E-state index in [0.29, 0.717) is 19.6 Å². The molecule has 0 saturated heterocycles. The van der Waals surface area contributed by atoms with E-state index in [1.165, 1.54) is 0 Å². The molecule has 0 aliphatic heterocycles. The average molecular weight is 279 g/mol. The lowest BCUT2D eigenvalue weighted by Crippen LogP contribution is -2.38. The maximum Gasteiger partial charge on any atom is 0.239 e. The summed E-state index contributed by atoms with van der Waals surface area (Å²) in [6.45, 7) is 4.39. The zero-order valence-electron chi connectivity index (χ0n) is 12.4. The summed E-state index contributed by atoms with van der Waals surface area (Å²) in [5.74, 6) is 0.794. The predicted molar refractivity (Wildman–Crippen MR) is 82.2 cm³/mol. The molecular formula is C15H25N3O2. The van der Waals surface area contributed by atoms with E-state index in [2.05, 4.69) is 5.32 Å². The molecule has 0 spiro atoms. The Morgan fingerprint density at radius 1 is 1.40 bits per heavy atom. The summed E-state index contributed by atoms with van der Waals surface area (Å²) < 4.78 is 5.36. The smallest absolute Gasteiger partial charge is 0.239 e. The molecule has 0 radical (unpaired) electrons. The molecule has 3 N–H and O–H groups in total. The van der Waals surface area contributed by atoms with Gasteiger partial charge in [0.25, 0.3) is 0 Å². The lowest BCUT2D eigenvalue weighted by molar-refractivity contribution is -0.119. The van der Waals surface area contributed by atoms with Crippen molar-refractivity contribution in [1.29, 1.82) is 0 Å². The van der Waals surface area contributed by atoms with Gasteiger partial charge in [-0.1, -0.05) is 19.1 Å². The van der Waals surface area contributed by atoms with Gasteiger partial charge in [0.1, 0.15) is 5.75 Å². The predicted octanol–water partition coefficient (Wildman–Crippen LogP) is 1.38. The molecular weight excluding hydrogens is 254 g/mol. The van der Waals surface area contributed by atoms with Crippen molar-refractivity contribution in [2.45, 2.75) is 19.8 Å². The van der Waals surface area contributed by atoms with Gasteiger partial charge in [0.15, 0.2) is 0 Å². The molecule has 0 atom stereocenters. The first-order valence-electron chi connectivity index (χ1n) is 7.07. The number of hydrogen-bond donors (Lipinski definition) is 2. The Morgan fingerprint density at radius 2 is 2.15 bits per heavy atom. The van der Waals surface area contributed by atoms with Crippen LogP contribution in [0.1, 0.15) is 19.8 Å². The number of methoxy groups -OCH3 is 1. The number of para-hydroxylation sites is 2. The number of anilines is 1. The van der Waals surface area contributed by atoms with Gasteiger partial charge in [0.2, 0.25) is 5.91 Å². The number of ether oxygens (including phenoxy) is 1. The summed E-state index contributed by atoms with van der Waals surface area (Å²) in [5, 5.41) is 2.89. The van der Waals surface area contributed by atoms with Crippen molar-refractivity contribution in [2.24, 2.45) is 5.73 Å². The molecule has 0 heterocycles. The molecule has 20 heavy (non-hydrogen) atoms. The van der Waals surface area contributed by atoms with Gasteiger partial charge in [-0.2, -0.15) is 0 Å². The lowest BCUT2D eigenvalue weighted by atomic mass is 10.2. The highest BCUT2D eigenvalue weighted by Crippen LogP contribution is 2.27. The normalized spacial score (nSPS) is 10.2. The molecule has 0 aliphatic carbocycles. The fraction of sp³-hybridized carbons (Fsp3) is 0.533. The molecule has 0 aromatic heterocycles. The summed E-state index contributed by atoms with van der Waals surface area (Å²) in [4.78, 5) is 13.9. The highest BCUT2D eigenvalue weighted by Gasteiger charge is 2.14. The monoisotopic (exact) mass is 279 g/mol. The van der Waals surface area contributed by atoms with Gasteiger partial charge in [0.05, 0.1) is 19.3 Å². The molecule has 112 valence electrons. The van der Waals surface area contributed by atoms with E-state index in [4.69, 9.17) is 10.5 Å². The van der Waals surface area contributed by atoms with Gasteiger partial charge in [-0.25, -0.2) is 0 Å². The van der Waals surface area contributed by atoms with E-state index in [1.54, 1.807) is 7.11 Å². The van der Waals surface area contributed by atoms with Crippen LogP contribution in [0, 0.1) is 0 Å². The molecule has 0 bridgehead atoms.